The summed E-state index contributed by atoms with van der Waals surface area (Å²) in [6.07, 6.45) is -1.08. The maximum absolute atomic E-state index is 13.2. The molecule has 0 spiro atoms. The minimum atomic E-state index is -1.08. The van der Waals surface area contributed by atoms with E-state index in [9.17, 15) is 13.9 Å². The van der Waals surface area contributed by atoms with Gasteiger partial charge in [-0.15, -0.1) is 0 Å². The summed E-state index contributed by atoms with van der Waals surface area (Å²) < 4.78 is 31.7. The Hall–Kier alpha value is -1.94. The van der Waals surface area contributed by atoms with Crippen molar-refractivity contribution in [2.75, 3.05) is 7.11 Å². The molecule has 0 aromatic heterocycles. The van der Waals surface area contributed by atoms with E-state index in [1.54, 1.807) is 19.2 Å². The molecular formula is C16H16F2O2. The highest BCUT2D eigenvalue weighted by atomic mass is 19.1. The first kappa shape index (κ1) is 14.5. The number of hydrogen-bond donors (Lipinski definition) is 1. The van der Waals surface area contributed by atoms with E-state index in [4.69, 9.17) is 4.74 Å². The number of aliphatic hydroxyl groups excluding tert-OH is 1. The van der Waals surface area contributed by atoms with Crippen LogP contribution in [0.3, 0.4) is 0 Å². The molecule has 0 aliphatic rings. The monoisotopic (exact) mass is 278 g/mol. The minimum Gasteiger partial charge on any atom is -0.496 e. The molecule has 2 rings (SSSR count). The van der Waals surface area contributed by atoms with E-state index in [2.05, 4.69) is 0 Å². The third-order valence-electron chi connectivity index (χ3n) is 3.20. The van der Waals surface area contributed by atoms with Gasteiger partial charge in [0.2, 0.25) is 0 Å². The molecule has 0 radical (unpaired) electrons. The van der Waals surface area contributed by atoms with Gasteiger partial charge < -0.3 is 9.84 Å². The zero-order valence-electron chi connectivity index (χ0n) is 11.6. The molecule has 0 fully saturated rings. The van der Waals surface area contributed by atoms with E-state index in [0.717, 1.165) is 35.1 Å². The topological polar surface area (TPSA) is 29.5 Å². The van der Waals surface area contributed by atoms with Gasteiger partial charge in [0.25, 0.3) is 0 Å². The molecule has 1 unspecified atom stereocenters. The predicted octanol–water partition coefficient (Wildman–Crippen LogP) is 3.67. The van der Waals surface area contributed by atoms with Crippen LogP contribution in [0.5, 0.6) is 5.75 Å². The van der Waals surface area contributed by atoms with Gasteiger partial charge in [0.15, 0.2) is 0 Å². The number of rotatable bonds is 3. The lowest BCUT2D eigenvalue weighted by atomic mass is 9.97. The van der Waals surface area contributed by atoms with Crippen molar-refractivity contribution in [2.24, 2.45) is 0 Å². The van der Waals surface area contributed by atoms with Crippen molar-refractivity contribution in [2.45, 2.75) is 20.0 Å². The van der Waals surface area contributed by atoms with Crippen molar-refractivity contribution in [1.29, 1.82) is 0 Å². The van der Waals surface area contributed by atoms with Gasteiger partial charge in [-0.1, -0.05) is 0 Å². The van der Waals surface area contributed by atoms with Gasteiger partial charge in [-0.2, -0.15) is 0 Å². The average Bonchev–Trinajstić information content (AvgIpc) is 2.36. The molecule has 0 bridgehead atoms. The minimum absolute atomic E-state index is 0.187. The molecule has 0 saturated carbocycles. The fraction of sp³-hybridized carbons (Fsp3) is 0.250. The number of hydrogen-bond acceptors (Lipinski definition) is 2. The van der Waals surface area contributed by atoms with Crippen LogP contribution in [-0.4, -0.2) is 12.2 Å². The first-order chi connectivity index (χ1) is 9.42. The van der Waals surface area contributed by atoms with E-state index in [-0.39, 0.29) is 5.56 Å². The van der Waals surface area contributed by atoms with Crippen molar-refractivity contribution in [1.82, 2.24) is 0 Å². The first-order valence-electron chi connectivity index (χ1n) is 6.21. The van der Waals surface area contributed by atoms with Crippen LogP contribution in [0.25, 0.3) is 0 Å². The standard InChI is InChI=1S/C16H16F2O2/c1-9-4-11(5-10(2)16(9)20-3)15(19)12-6-13(17)8-14(18)7-12/h4-8,15,19H,1-3H3. The molecule has 0 aliphatic carbocycles. The van der Waals surface area contributed by atoms with Crippen LogP contribution in [0.1, 0.15) is 28.4 Å². The van der Waals surface area contributed by atoms with E-state index < -0.39 is 17.7 Å². The second kappa shape index (κ2) is 5.59. The average molecular weight is 278 g/mol. The Labute approximate surface area is 116 Å². The van der Waals surface area contributed by atoms with Crippen molar-refractivity contribution in [3.05, 3.63) is 64.2 Å². The number of aliphatic hydroxyl groups is 1. The zero-order chi connectivity index (χ0) is 14.9. The summed E-state index contributed by atoms with van der Waals surface area (Å²) in [5, 5.41) is 10.3. The smallest absolute Gasteiger partial charge is 0.126 e. The lowest BCUT2D eigenvalue weighted by Crippen LogP contribution is -2.03. The molecule has 0 heterocycles. The van der Waals surface area contributed by atoms with E-state index in [0.29, 0.717) is 5.56 Å². The summed E-state index contributed by atoms with van der Waals surface area (Å²) >= 11 is 0. The number of halogens is 2. The fourth-order valence-corrected chi connectivity index (χ4v) is 2.39. The van der Waals surface area contributed by atoms with Gasteiger partial charge in [-0.3, -0.25) is 0 Å². The lowest BCUT2D eigenvalue weighted by molar-refractivity contribution is 0.219. The van der Waals surface area contributed by atoms with E-state index in [1.165, 1.54) is 0 Å². The molecule has 106 valence electrons. The second-order valence-electron chi connectivity index (χ2n) is 4.79. The van der Waals surface area contributed by atoms with E-state index in [1.807, 2.05) is 13.8 Å². The van der Waals surface area contributed by atoms with Crippen LogP contribution in [0, 0.1) is 25.5 Å². The van der Waals surface area contributed by atoms with Crippen molar-refractivity contribution < 1.29 is 18.6 Å². The maximum Gasteiger partial charge on any atom is 0.126 e. The Morgan fingerprint density at radius 2 is 1.35 bits per heavy atom. The lowest BCUT2D eigenvalue weighted by Gasteiger charge is -2.16. The Kier molecular flexibility index (Phi) is 4.04. The molecule has 2 aromatic carbocycles. The first-order valence-corrected chi connectivity index (χ1v) is 6.21. The third kappa shape index (κ3) is 2.80. The van der Waals surface area contributed by atoms with Gasteiger partial charge in [0, 0.05) is 6.07 Å². The fourth-order valence-electron chi connectivity index (χ4n) is 2.39. The Morgan fingerprint density at radius 3 is 1.80 bits per heavy atom. The Morgan fingerprint density at radius 1 is 0.900 bits per heavy atom. The largest absolute Gasteiger partial charge is 0.496 e. The van der Waals surface area contributed by atoms with Crippen LogP contribution in [-0.2, 0) is 0 Å². The highest BCUT2D eigenvalue weighted by Gasteiger charge is 2.15. The maximum atomic E-state index is 13.2. The molecule has 4 heteroatoms. The molecule has 0 amide bonds. The predicted molar refractivity (Wildman–Crippen MR) is 72.9 cm³/mol. The summed E-state index contributed by atoms with van der Waals surface area (Å²) in [5.41, 5.74) is 2.48. The summed E-state index contributed by atoms with van der Waals surface area (Å²) in [7, 11) is 1.58. The number of benzene rings is 2. The highest BCUT2D eigenvalue weighted by Crippen LogP contribution is 2.30. The van der Waals surface area contributed by atoms with Crippen LogP contribution >= 0.6 is 0 Å². The van der Waals surface area contributed by atoms with E-state index >= 15 is 0 Å². The van der Waals surface area contributed by atoms with Crippen molar-refractivity contribution in [3.63, 3.8) is 0 Å². The summed E-state index contributed by atoms with van der Waals surface area (Å²) in [6.45, 7) is 3.71. The Balaban J connectivity index is 2.45. The molecular weight excluding hydrogens is 262 g/mol. The number of aryl methyl sites for hydroxylation is 2. The quantitative estimate of drug-likeness (QED) is 0.928. The van der Waals surface area contributed by atoms with Crippen LogP contribution in [0.4, 0.5) is 8.78 Å². The Bertz CT molecular complexity index is 595. The zero-order valence-corrected chi connectivity index (χ0v) is 11.6. The van der Waals surface area contributed by atoms with Crippen molar-refractivity contribution in [3.8, 4) is 5.75 Å². The molecule has 0 saturated heterocycles. The third-order valence-corrected chi connectivity index (χ3v) is 3.20. The van der Waals surface area contributed by atoms with Gasteiger partial charge in [-0.05, 0) is 60.4 Å². The molecule has 2 nitrogen and oxygen atoms in total. The van der Waals surface area contributed by atoms with Gasteiger partial charge in [-0.25, -0.2) is 8.78 Å². The SMILES string of the molecule is COc1c(C)cc(C(O)c2cc(F)cc(F)c2)cc1C. The molecule has 1 atom stereocenters. The second-order valence-corrected chi connectivity index (χ2v) is 4.79. The molecule has 0 aliphatic heterocycles. The van der Waals surface area contributed by atoms with Crippen molar-refractivity contribution >= 4 is 0 Å². The summed E-state index contributed by atoms with van der Waals surface area (Å²) in [5.74, 6) is -0.673. The van der Waals surface area contributed by atoms with Crippen LogP contribution in [0.15, 0.2) is 30.3 Å². The van der Waals surface area contributed by atoms with Gasteiger partial charge in [0.05, 0.1) is 7.11 Å². The normalized spacial score (nSPS) is 12.3. The summed E-state index contributed by atoms with van der Waals surface area (Å²) in [4.78, 5) is 0. The summed E-state index contributed by atoms with van der Waals surface area (Å²) in [6, 6.07) is 6.53. The van der Waals surface area contributed by atoms with Gasteiger partial charge in [0.1, 0.15) is 23.5 Å². The highest BCUT2D eigenvalue weighted by molar-refractivity contribution is 5.45. The molecule has 20 heavy (non-hydrogen) atoms. The molecule has 2 aromatic rings. The molecule has 1 N–H and O–H groups in total. The number of methoxy groups -OCH3 is 1. The van der Waals surface area contributed by atoms with Gasteiger partial charge >= 0.3 is 0 Å². The number of ether oxygens (including phenoxy) is 1. The van der Waals surface area contributed by atoms with Crippen LogP contribution < -0.4 is 4.74 Å². The van der Waals surface area contributed by atoms with Crippen LogP contribution in [0.2, 0.25) is 0 Å².